The van der Waals surface area contributed by atoms with Crippen molar-refractivity contribution in [1.82, 2.24) is 5.32 Å². The lowest BCUT2D eigenvalue weighted by molar-refractivity contribution is -0.118. The van der Waals surface area contributed by atoms with E-state index in [1.807, 2.05) is 13.0 Å². The first-order valence-electron chi connectivity index (χ1n) is 6.10. The van der Waals surface area contributed by atoms with Crippen LogP contribution in [0.2, 0.25) is 0 Å². The summed E-state index contributed by atoms with van der Waals surface area (Å²) >= 11 is 0. The molecule has 0 aliphatic heterocycles. The fourth-order valence-electron chi connectivity index (χ4n) is 1.95. The van der Waals surface area contributed by atoms with Gasteiger partial charge in [-0.25, -0.2) is 0 Å². The molecule has 17 heavy (non-hydrogen) atoms. The summed E-state index contributed by atoms with van der Waals surface area (Å²) in [5.41, 5.74) is 1.97. The van der Waals surface area contributed by atoms with E-state index in [1.165, 1.54) is 0 Å². The van der Waals surface area contributed by atoms with Gasteiger partial charge < -0.3 is 10.1 Å². The van der Waals surface area contributed by atoms with Crippen molar-refractivity contribution < 1.29 is 9.53 Å². The second kappa shape index (κ2) is 6.01. The molecule has 96 valence electrons. The minimum Gasteiger partial charge on any atom is -0.384 e. The molecule has 0 saturated carbocycles. The van der Waals surface area contributed by atoms with Gasteiger partial charge in [0.05, 0.1) is 6.61 Å². The van der Waals surface area contributed by atoms with Crippen molar-refractivity contribution in [3.05, 3.63) is 23.3 Å². The van der Waals surface area contributed by atoms with Crippen LogP contribution in [0.15, 0.2) is 23.3 Å². The van der Waals surface area contributed by atoms with Gasteiger partial charge in [0.25, 0.3) is 0 Å². The summed E-state index contributed by atoms with van der Waals surface area (Å²) in [6, 6.07) is 0. The van der Waals surface area contributed by atoms with Crippen LogP contribution in [0.25, 0.3) is 0 Å². The molecule has 0 saturated heterocycles. The van der Waals surface area contributed by atoms with Gasteiger partial charge in [0.15, 0.2) is 0 Å². The molecule has 0 radical (unpaired) electrons. The molecule has 1 rings (SSSR count). The highest BCUT2D eigenvalue weighted by Crippen LogP contribution is 2.19. The fraction of sp³-hybridized carbons (Fsp3) is 0.643. The minimum atomic E-state index is -0.0244. The first-order chi connectivity index (χ1) is 7.96. The maximum atomic E-state index is 12.0. The maximum absolute atomic E-state index is 12.0. The van der Waals surface area contributed by atoms with Gasteiger partial charge in [-0.2, -0.15) is 0 Å². The number of allylic oxidation sites excluding steroid dienone is 3. The normalized spacial score (nSPS) is 16.2. The second-order valence-corrected chi connectivity index (χ2v) is 5.38. The number of rotatable bonds is 5. The predicted octanol–water partition coefficient (Wildman–Crippen LogP) is 2.44. The third-order valence-electron chi connectivity index (χ3n) is 2.94. The second-order valence-electron chi connectivity index (χ2n) is 5.38. The molecule has 1 amide bonds. The van der Waals surface area contributed by atoms with Crippen LogP contribution < -0.4 is 5.32 Å². The van der Waals surface area contributed by atoms with Crippen LogP contribution in [0.1, 0.15) is 33.6 Å². The quantitative estimate of drug-likeness (QED) is 0.797. The molecule has 0 spiro atoms. The molecule has 1 aliphatic carbocycles. The molecule has 3 heteroatoms. The van der Waals surface area contributed by atoms with Crippen molar-refractivity contribution in [2.24, 2.45) is 5.41 Å². The van der Waals surface area contributed by atoms with Gasteiger partial charge in [-0.15, -0.1) is 0 Å². The molecule has 0 atom stereocenters. The highest BCUT2D eigenvalue weighted by Gasteiger charge is 2.20. The zero-order valence-corrected chi connectivity index (χ0v) is 11.3. The number of hydrogen-bond acceptors (Lipinski definition) is 2. The van der Waals surface area contributed by atoms with Crippen molar-refractivity contribution in [3.63, 3.8) is 0 Å². The number of methoxy groups -OCH3 is 1. The van der Waals surface area contributed by atoms with E-state index in [-0.39, 0.29) is 11.3 Å². The van der Waals surface area contributed by atoms with Crippen molar-refractivity contribution in [3.8, 4) is 0 Å². The van der Waals surface area contributed by atoms with Crippen molar-refractivity contribution in [2.45, 2.75) is 33.6 Å². The molecule has 0 heterocycles. The molecule has 1 N–H and O–H groups in total. The summed E-state index contributed by atoms with van der Waals surface area (Å²) in [7, 11) is 1.68. The molecule has 0 aromatic carbocycles. The largest absolute Gasteiger partial charge is 0.384 e. The lowest BCUT2D eigenvalue weighted by Gasteiger charge is -2.24. The van der Waals surface area contributed by atoms with E-state index < -0.39 is 0 Å². The molecular weight excluding hydrogens is 214 g/mol. The van der Waals surface area contributed by atoms with Crippen molar-refractivity contribution in [1.29, 1.82) is 0 Å². The van der Waals surface area contributed by atoms with Gasteiger partial charge in [0, 0.05) is 24.6 Å². The zero-order valence-electron chi connectivity index (χ0n) is 11.3. The number of amides is 1. The van der Waals surface area contributed by atoms with Crippen LogP contribution in [0.3, 0.4) is 0 Å². The summed E-state index contributed by atoms with van der Waals surface area (Å²) in [5, 5.41) is 3.00. The van der Waals surface area contributed by atoms with Gasteiger partial charge >= 0.3 is 0 Å². The smallest absolute Gasteiger partial charge is 0.247 e. The van der Waals surface area contributed by atoms with Gasteiger partial charge in [0.2, 0.25) is 5.91 Å². The Hall–Kier alpha value is -1.09. The number of nitrogens with one attached hydrogen (secondary N) is 1. The van der Waals surface area contributed by atoms with Crippen LogP contribution in [0, 0.1) is 5.41 Å². The van der Waals surface area contributed by atoms with Crippen LogP contribution in [0.4, 0.5) is 0 Å². The molecule has 0 bridgehead atoms. The Morgan fingerprint density at radius 2 is 2.24 bits per heavy atom. The Bertz CT molecular complexity index is 340. The third-order valence-corrected chi connectivity index (χ3v) is 2.94. The van der Waals surface area contributed by atoms with E-state index in [1.54, 1.807) is 7.11 Å². The summed E-state index contributed by atoms with van der Waals surface area (Å²) in [5.74, 6) is 0.0658. The van der Waals surface area contributed by atoms with E-state index in [2.05, 4.69) is 25.2 Å². The monoisotopic (exact) mass is 237 g/mol. The molecule has 0 unspecified atom stereocenters. The van der Waals surface area contributed by atoms with E-state index in [4.69, 9.17) is 4.74 Å². The van der Waals surface area contributed by atoms with Gasteiger partial charge in [-0.1, -0.05) is 26.0 Å². The van der Waals surface area contributed by atoms with E-state index >= 15 is 0 Å². The lowest BCUT2D eigenvalue weighted by atomic mass is 9.93. The Morgan fingerprint density at radius 1 is 1.53 bits per heavy atom. The summed E-state index contributed by atoms with van der Waals surface area (Å²) in [6.45, 7) is 7.44. The first kappa shape index (κ1) is 14.0. The molecule has 0 aromatic heterocycles. The number of ether oxygens (including phenoxy) is 1. The number of hydrogen-bond donors (Lipinski definition) is 1. The Morgan fingerprint density at radius 3 is 2.82 bits per heavy atom. The molecular formula is C14H23NO2. The summed E-state index contributed by atoms with van der Waals surface area (Å²) < 4.78 is 5.13. The van der Waals surface area contributed by atoms with E-state index in [0.29, 0.717) is 13.2 Å². The predicted molar refractivity (Wildman–Crippen MR) is 69.7 cm³/mol. The summed E-state index contributed by atoms with van der Waals surface area (Å²) in [4.78, 5) is 12.0. The number of carbonyl (C=O) groups excluding carboxylic acids is 1. The zero-order chi connectivity index (χ0) is 12.9. The maximum Gasteiger partial charge on any atom is 0.247 e. The molecule has 0 fully saturated rings. The van der Waals surface area contributed by atoms with E-state index in [9.17, 15) is 4.79 Å². The molecule has 3 nitrogen and oxygen atoms in total. The number of carbonyl (C=O) groups is 1. The van der Waals surface area contributed by atoms with E-state index in [0.717, 1.165) is 24.0 Å². The Labute approximate surface area is 104 Å². The van der Waals surface area contributed by atoms with Crippen LogP contribution in [-0.4, -0.2) is 26.2 Å². The SMILES string of the molecule is COCC(C)(C)CNC(=O)C1=C(C)C=CCC1. The topological polar surface area (TPSA) is 38.3 Å². The summed E-state index contributed by atoms with van der Waals surface area (Å²) in [6.07, 6.45) is 5.94. The van der Waals surface area contributed by atoms with Crippen molar-refractivity contribution in [2.75, 3.05) is 20.3 Å². The Kier molecular flexibility index (Phi) is 4.94. The van der Waals surface area contributed by atoms with Crippen molar-refractivity contribution >= 4 is 5.91 Å². The van der Waals surface area contributed by atoms with Gasteiger partial charge in [-0.05, 0) is 25.3 Å². The Balaban J connectivity index is 2.53. The average Bonchev–Trinajstić information content (AvgIpc) is 2.27. The van der Waals surface area contributed by atoms with Crippen LogP contribution >= 0.6 is 0 Å². The van der Waals surface area contributed by atoms with Crippen LogP contribution in [0.5, 0.6) is 0 Å². The fourth-order valence-corrected chi connectivity index (χ4v) is 1.95. The third kappa shape index (κ3) is 4.35. The standard InChI is InChI=1S/C14H23NO2/c1-11-7-5-6-8-12(11)13(16)15-9-14(2,3)10-17-4/h5,7H,6,8-10H2,1-4H3,(H,15,16). The minimum absolute atomic E-state index is 0.0244. The van der Waals surface area contributed by atoms with Crippen LogP contribution in [-0.2, 0) is 9.53 Å². The van der Waals surface area contributed by atoms with Gasteiger partial charge in [0.1, 0.15) is 0 Å². The molecule has 0 aromatic rings. The lowest BCUT2D eigenvalue weighted by Crippen LogP contribution is -2.37. The van der Waals surface area contributed by atoms with Gasteiger partial charge in [-0.3, -0.25) is 4.79 Å². The molecule has 1 aliphatic rings. The highest BCUT2D eigenvalue weighted by molar-refractivity contribution is 5.94. The first-order valence-corrected chi connectivity index (χ1v) is 6.10. The average molecular weight is 237 g/mol. The highest BCUT2D eigenvalue weighted by atomic mass is 16.5.